The molecule has 5 nitrogen and oxygen atoms in total. The molecule has 0 spiro atoms. The van der Waals surface area contributed by atoms with E-state index in [4.69, 9.17) is 9.47 Å². The Morgan fingerprint density at radius 2 is 1.97 bits per heavy atom. The molecule has 7 atom stereocenters. The van der Waals surface area contributed by atoms with Crippen LogP contribution in [-0.4, -0.2) is 40.3 Å². The molecule has 1 saturated carbocycles. The largest absolute Gasteiger partial charge is 0.455 e. The monoisotopic (exact) mass is 414 g/mol. The van der Waals surface area contributed by atoms with Crippen molar-refractivity contribution in [2.24, 2.45) is 17.8 Å². The standard InChI is InChI=1S/C25H34O5/c1-13(2)11-19-21-16(5)17-8-7-15(4)25(17,28)23(27)22(21)24(6,30-19)10-9-18-14(3)12-20(26)29-18/h11-12,15-19,28H,7-10H2,1-6H3/t15-,16-,17-,18?,19+,24-,25+/m0/s1. The van der Waals surface area contributed by atoms with Gasteiger partial charge in [-0.2, -0.15) is 0 Å². The summed E-state index contributed by atoms with van der Waals surface area (Å²) in [7, 11) is 0. The van der Waals surface area contributed by atoms with Gasteiger partial charge in [0.2, 0.25) is 0 Å². The van der Waals surface area contributed by atoms with E-state index in [9.17, 15) is 14.7 Å². The molecule has 4 rings (SSSR count). The topological polar surface area (TPSA) is 72.8 Å². The number of hydrogen-bond acceptors (Lipinski definition) is 5. The number of carbonyl (C=O) groups excluding carboxylic acids is 2. The van der Waals surface area contributed by atoms with Gasteiger partial charge in [0.1, 0.15) is 11.7 Å². The highest BCUT2D eigenvalue weighted by Gasteiger charge is 2.63. The second-order valence-corrected chi connectivity index (χ2v) is 10.2. The SMILES string of the molecule is CC(C)=C[C@H]1O[C@@](C)(CCC2OC(=O)C=C2C)C2=C1[C@@H](C)[C@@H]1CC[C@H](C)[C@]1(O)C2=O. The zero-order valence-corrected chi connectivity index (χ0v) is 19.0. The van der Waals surface area contributed by atoms with Gasteiger partial charge in [-0.15, -0.1) is 0 Å². The lowest BCUT2D eigenvalue weighted by atomic mass is 9.62. The van der Waals surface area contributed by atoms with Crippen molar-refractivity contribution < 1.29 is 24.2 Å². The second-order valence-electron chi connectivity index (χ2n) is 10.2. The van der Waals surface area contributed by atoms with Gasteiger partial charge in [0.25, 0.3) is 0 Å². The van der Waals surface area contributed by atoms with E-state index in [1.807, 2.05) is 34.6 Å². The number of fused-ring (bicyclic) bond motifs is 1. The molecule has 1 fully saturated rings. The third-order valence-electron chi connectivity index (χ3n) is 7.90. The lowest BCUT2D eigenvalue weighted by molar-refractivity contribution is -0.147. The first-order valence-electron chi connectivity index (χ1n) is 11.2. The molecule has 0 amide bonds. The molecule has 0 radical (unpaired) electrons. The first-order valence-corrected chi connectivity index (χ1v) is 11.2. The predicted molar refractivity (Wildman–Crippen MR) is 114 cm³/mol. The molecular formula is C25H34O5. The maximum atomic E-state index is 13.8. The molecule has 4 aliphatic rings. The van der Waals surface area contributed by atoms with Gasteiger partial charge in [-0.3, -0.25) is 4.79 Å². The summed E-state index contributed by atoms with van der Waals surface area (Å²) in [5.41, 5.74) is 1.63. The maximum absolute atomic E-state index is 13.8. The summed E-state index contributed by atoms with van der Waals surface area (Å²) in [5.74, 6) is -0.482. The molecule has 164 valence electrons. The van der Waals surface area contributed by atoms with Crippen LogP contribution in [0.4, 0.5) is 0 Å². The summed E-state index contributed by atoms with van der Waals surface area (Å²) in [6.07, 6.45) is 5.96. The van der Waals surface area contributed by atoms with Crippen LogP contribution in [0.3, 0.4) is 0 Å². The van der Waals surface area contributed by atoms with Crippen LogP contribution in [-0.2, 0) is 19.1 Å². The Morgan fingerprint density at radius 1 is 1.27 bits per heavy atom. The zero-order valence-electron chi connectivity index (χ0n) is 19.0. The number of cyclic esters (lactones) is 1. The van der Waals surface area contributed by atoms with E-state index in [1.165, 1.54) is 6.08 Å². The first-order chi connectivity index (χ1) is 14.0. The second kappa shape index (κ2) is 7.16. The van der Waals surface area contributed by atoms with Crippen LogP contribution in [0.25, 0.3) is 0 Å². The molecular weight excluding hydrogens is 380 g/mol. The number of rotatable bonds is 4. The van der Waals surface area contributed by atoms with Crippen LogP contribution < -0.4 is 0 Å². The van der Waals surface area contributed by atoms with Crippen molar-refractivity contribution in [3.8, 4) is 0 Å². The Bertz CT molecular complexity index is 876. The summed E-state index contributed by atoms with van der Waals surface area (Å²) < 4.78 is 12.0. The summed E-state index contributed by atoms with van der Waals surface area (Å²) >= 11 is 0. The fraction of sp³-hybridized carbons (Fsp3) is 0.680. The molecule has 0 bridgehead atoms. The molecule has 2 aliphatic heterocycles. The van der Waals surface area contributed by atoms with E-state index in [0.717, 1.165) is 29.6 Å². The fourth-order valence-electron chi connectivity index (χ4n) is 6.23. The highest BCUT2D eigenvalue weighted by Crippen LogP contribution is 2.57. The van der Waals surface area contributed by atoms with E-state index >= 15 is 0 Å². The minimum absolute atomic E-state index is 0.0563. The Morgan fingerprint density at radius 3 is 2.57 bits per heavy atom. The summed E-state index contributed by atoms with van der Waals surface area (Å²) in [6.45, 7) is 12.1. The van der Waals surface area contributed by atoms with Gasteiger partial charge in [0.15, 0.2) is 5.78 Å². The van der Waals surface area contributed by atoms with Gasteiger partial charge in [0.05, 0.1) is 11.7 Å². The minimum atomic E-state index is -1.31. The smallest absolute Gasteiger partial charge is 0.331 e. The lowest BCUT2D eigenvalue weighted by Crippen LogP contribution is -2.55. The molecule has 2 heterocycles. The van der Waals surface area contributed by atoms with Crippen LogP contribution in [0.5, 0.6) is 0 Å². The molecule has 0 aromatic heterocycles. The predicted octanol–water partition coefficient (Wildman–Crippen LogP) is 4.05. The molecule has 5 heteroatoms. The van der Waals surface area contributed by atoms with Crippen molar-refractivity contribution in [2.75, 3.05) is 0 Å². The van der Waals surface area contributed by atoms with Crippen molar-refractivity contribution in [1.82, 2.24) is 0 Å². The molecule has 0 saturated heterocycles. The van der Waals surface area contributed by atoms with Gasteiger partial charge >= 0.3 is 5.97 Å². The Kier molecular flexibility index (Phi) is 5.14. The normalized spacial score (nSPS) is 42.8. The van der Waals surface area contributed by atoms with E-state index in [-0.39, 0.29) is 41.7 Å². The van der Waals surface area contributed by atoms with Gasteiger partial charge in [-0.25, -0.2) is 4.79 Å². The van der Waals surface area contributed by atoms with E-state index < -0.39 is 11.2 Å². The highest BCUT2D eigenvalue weighted by atomic mass is 16.5. The van der Waals surface area contributed by atoms with Crippen LogP contribution in [0.15, 0.2) is 34.4 Å². The number of ketones is 1. The number of Topliss-reactive ketones (excluding diaryl/α,β-unsaturated/α-hetero) is 1. The molecule has 2 aliphatic carbocycles. The summed E-state index contributed by atoms with van der Waals surface area (Å²) in [4.78, 5) is 25.4. The first kappa shape index (κ1) is 21.5. The average molecular weight is 415 g/mol. The summed E-state index contributed by atoms with van der Waals surface area (Å²) in [5, 5.41) is 11.6. The quantitative estimate of drug-likeness (QED) is 0.555. The van der Waals surface area contributed by atoms with E-state index in [2.05, 4.69) is 13.0 Å². The van der Waals surface area contributed by atoms with Crippen molar-refractivity contribution in [2.45, 2.75) is 90.6 Å². The van der Waals surface area contributed by atoms with Crippen molar-refractivity contribution in [3.05, 3.63) is 34.4 Å². The van der Waals surface area contributed by atoms with Gasteiger partial charge in [-0.05, 0) is 76.4 Å². The average Bonchev–Trinajstić information content (AvgIpc) is 3.24. The molecule has 30 heavy (non-hydrogen) atoms. The number of allylic oxidation sites excluding steroid dienone is 1. The van der Waals surface area contributed by atoms with Crippen LogP contribution in [0.2, 0.25) is 0 Å². The van der Waals surface area contributed by atoms with Crippen molar-refractivity contribution >= 4 is 11.8 Å². The Labute approximate surface area is 179 Å². The van der Waals surface area contributed by atoms with Crippen LogP contribution in [0, 0.1) is 17.8 Å². The zero-order chi connectivity index (χ0) is 22.0. The summed E-state index contributed by atoms with van der Waals surface area (Å²) in [6, 6.07) is 0. The van der Waals surface area contributed by atoms with E-state index in [0.29, 0.717) is 18.4 Å². The van der Waals surface area contributed by atoms with Crippen molar-refractivity contribution in [1.29, 1.82) is 0 Å². The number of carbonyl (C=O) groups is 2. The third-order valence-corrected chi connectivity index (χ3v) is 7.90. The number of ether oxygens (including phenoxy) is 2. The van der Waals surface area contributed by atoms with Crippen molar-refractivity contribution in [3.63, 3.8) is 0 Å². The lowest BCUT2D eigenvalue weighted by Gasteiger charge is -2.43. The maximum Gasteiger partial charge on any atom is 0.331 e. The van der Waals surface area contributed by atoms with Crippen LogP contribution in [0.1, 0.15) is 67.2 Å². The van der Waals surface area contributed by atoms with Gasteiger partial charge in [-0.1, -0.05) is 25.5 Å². The fourth-order valence-corrected chi connectivity index (χ4v) is 6.23. The molecule has 0 aromatic rings. The number of aliphatic hydroxyl groups is 1. The highest BCUT2D eigenvalue weighted by molar-refractivity contribution is 6.06. The van der Waals surface area contributed by atoms with Gasteiger partial charge in [0, 0.05) is 17.6 Å². The third kappa shape index (κ3) is 3.04. The number of esters is 1. The van der Waals surface area contributed by atoms with Crippen LogP contribution >= 0.6 is 0 Å². The number of hydrogen-bond donors (Lipinski definition) is 1. The van der Waals surface area contributed by atoms with E-state index in [1.54, 1.807) is 0 Å². The van der Waals surface area contributed by atoms with Gasteiger partial charge < -0.3 is 14.6 Å². The Hall–Kier alpha value is -1.72. The Balaban J connectivity index is 1.73. The molecule has 1 unspecified atom stereocenters. The minimum Gasteiger partial charge on any atom is -0.455 e. The molecule has 0 aromatic carbocycles. The molecule has 1 N–H and O–H groups in total.